The Morgan fingerprint density at radius 3 is 2.55 bits per heavy atom. The highest BCUT2D eigenvalue weighted by atomic mass is 35.5. The molecule has 108 valence electrons. The van der Waals surface area contributed by atoms with Crippen molar-refractivity contribution in [2.24, 2.45) is 11.1 Å². The van der Waals surface area contributed by atoms with Crippen molar-refractivity contribution in [1.29, 1.82) is 0 Å². The van der Waals surface area contributed by atoms with E-state index in [-0.39, 0.29) is 11.5 Å². The largest absolute Gasteiger partial charge is 0.339 e. The van der Waals surface area contributed by atoms with Crippen LogP contribution in [0.3, 0.4) is 0 Å². The molecule has 20 heavy (non-hydrogen) atoms. The van der Waals surface area contributed by atoms with Crippen molar-refractivity contribution in [3.05, 3.63) is 34.1 Å². The van der Waals surface area contributed by atoms with Crippen LogP contribution >= 0.6 is 23.2 Å². The molecule has 4 nitrogen and oxygen atoms in total. The van der Waals surface area contributed by atoms with Crippen molar-refractivity contribution in [2.75, 3.05) is 0 Å². The SMILES string of the molecule is CC(C)(C)C(N)Cc1nc(-c2ccc(Cl)c(Cl)c2)no1. The Morgan fingerprint density at radius 1 is 1.25 bits per heavy atom. The minimum atomic E-state index is -0.0513. The Morgan fingerprint density at radius 2 is 1.95 bits per heavy atom. The molecule has 0 aliphatic carbocycles. The maximum absolute atomic E-state index is 6.11. The molecular formula is C14H17Cl2N3O. The molecule has 1 atom stereocenters. The Hall–Kier alpha value is -1.10. The fourth-order valence-corrected chi connectivity index (χ4v) is 1.88. The number of benzene rings is 1. The number of nitrogens with two attached hydrogens (primary N) is 1. The third-order valence-electron chi connectivity index (χ3n) is 3.15. The third-order valence-corrected chi connectivity index (χ3v) is 3.89. The summed E-state index contributed by atoms with van der Waals surface area (Å²) in [7, 11) is 0. The van der Waals surface area contributed by atoms with Crippen LogP contribution < -0.4 is 5.73 Å². The molecule has 0 radical (unpaired) electrons. The lowest BCUT2D eigenvalue weighted by atomic mass is 9.85. The van der Waals surface area contributed by atoms with Gasteiger partial charge in [0.2, 0.25) is 11.7 Å². The van der Waals surface area contributed by atoms with Gasteiger partial charge in [0.25, 0.3) is 0 Å². The Labute approximate surface area is 128 Å². The van der Waals surface area contributed by atoms with E-state index in [1.54, 1.807) is 18.2 Å². The molecule has 0 saturated carbocycles. The lowest BCUT2D eigenvalue weighted by molar-refractivity contribution is 0.286. The van der Waals surface area contributed by atoms with Gasteiger partial charge in [0, 0.05) is 18.0 Å². The van der Waals surface area contributed by atoms with E-state index in [1.165, 1.54) is 0 Å². The van der Waals surface area contributed by atoms with Crippen molar-refractivity contribution in [3.63, 3.8) is 0 Å². The number of aromatic nitrogens is 2. The predicted molar refractivity (Wildman–Crippen MR) is 80.9 cm³/mol. The lowest BCUT2D eigenvalue weighted by Crippen LogP contribution is -2.36. The fourth-order valence-electron chi connectivity index (χ4n) is 1.58. The molecule has 0 spiro atoms. The summed E-state index contributed by atoms with van der Waals surface area (Å²) in [5, 5.41) is 4.90. The number of rotatable bonds is 3. The van der Waals surface area contributed by atoms with Crippen LogP contribution in [0.15, 0.2) is 22.7 Å². The maximum atomic E-state index is 6.11. The second-order valence-corrected chi connectivity index (χ2v) is 6.63. The van der Waals surface area contributed by atoms with E-state index in [0.29, 0.717) is 28.2 Å². The van der Waals surface area contributed by atoms with Crippen molar-refractivity contribution in [1.82, 2.24) is 10.1 Å². The topological polar surface area (TPSA) is 64.9 Å². The summed E-state index contributed by atoms with van der Waals surface area (Å²) in [6, 6.07) is 5.16. The van der Waals surface area contributed by atoms with Gasteiger partial charge in [-0.1, -0.05) is 49.1 Å². The molecule has 2 aromatic rings. The highest BCUT2D eigenvalue weighted by Crippen LogP contribution is 2.27. The Kier molecular flexibility index (Phi) is 4.37. The first-order chi connectivity index (χ1) is 9.27. The highest BCUT2D eigenvalue weighted by molar-refractivity contribution is 6.42. The third kappa shape index (κ3) is 3.51. The first-order valence-electron chi connectivity index (χ1n) is 6.31. The highest BCUT2D eigenvalue weighted by Gasteiger charge is 2.23. The summed E-state index contributed by atoms with van der Waals surface area (Å²) in [6.45, 7) is 6.23. The molecule has 2 rings (SSSR count). The molecular weight excluding hydrogens is 297 g/mol. The minimum Gasteiger partial charge on any atom is -0.339 e. The molecule has 0 aliphatic rings. The normalized spacial score (nSPS) is 13.5. The fraction of sp³-hybridized carbons (Fsp3) is 0.429. The Balaban J connectivity index is 2.18. The standard InChI is InChI=1S/C14H17Cl2N3O/c1-14(2,3)11(17)7-12-18-13(19-20-12)8-4-5-9(15)10(16)6-8/h4-6,11H,7,17H2,1-3H3. The van der Waals surface area contributed by atoms with Gasteiger partial charge in [0.1, 0.15) is 0 Å². The van der Waals surface area contributed by atoms with E-state index in [2.05, 4.69) is 30.9 Å². The summed E-state index contributed by atoms with van der Waals surface area (Å²) in [6.07, 6.45) is 0.540. The van der Waals surface area contributed by atoms with Gasteiger partial charge in [-0.05, 0) is 23.6 Å². The monoisotopic (exact) mass is 313 g/mol. The number of hydrogen-bond donors (Lipinski definition) is 1. The molecule has 1 aromatic heterocycles. The zero-order valence-electron chi connectivity index (χ0n) is 11.7. The molecule has 2 N–H and O–H groups in total. The maximum Gasteiger partial charge on any atom is 0.228 e. The average molecular weight is 314 g/mol. The van der Waals surface area contributed by atoms with Crippen LogP contribution in [0, 0.1) is 5.41 Å². The lowest BCUT2D eigenvalue weighted by Gasteiger charge is -2.25. The Bertz CT molecular complexity index is 605. The number of nitrogens with zero attached hydrogens (tertiary/aromatic N) is 2. The summed E-state index contributed by atoms with van der Waals surface area (Å²) in [4.78, 5) is 4.35. The summed E-state index contributed by atoms with van der Waals surface area (Å²) in [5.41, 5.74) is 6.86. The predicted octanol–water partition coefficient (Wildman–Crippen LogP) is 3.96. The average Bonchev–Trinajstić information content (AvgIpc) is 2.80. The van der Waals surface area contributed by atoms with Crippen molar-refractivity contribution < 1.29 is 4.52 Å². The van der Waals surface area contributed by atoms with Gasteiger partial charge < -0.3 is 10.3 Å². The van der Waals surface area contributed by atoms with Gasteiger partial charge in [-0.2, -0.15) is 4.98 Å². The van der Waals surface area contributed by atoms with Crippen LogP contribution in [0.4, 0.5) is 0 Å². The van der Waals surface area contributed by atoms with E-state index in [4.69, 9.17) is 33.5 Å². The minimum absolute atomic E-state index is 0.0157. The molecule has 0 amide bonds. The number of halogens is 2. The summed E-state index contributed by atoms with van der Waals surface area (Å²) < 4.78 is 5.24. The van der Waals surface area contributed by atoms with E-state index >= 15 is 0 Å². The van der Waals surface area contributed by atoms with Gasteiger partial charge in [0.05, 0.1) is 10.0 Å². The van der Waals surface area contributed by atoms with Crippen LogP contribution in [-0.2, 0) is 6.42 Å². The van der Waals surface area contributed by atoms with Crippen LogP contribution in [0.1, 0.15) is 26.7 Å². The van der Waals surface area contributed by atoms with Gasteiger partial charge in [-0.25, -0.2) is 0 Å². The molecule has 1 heterocycles. The first kappa shape index (κ1) is 15.3. The first-order valence-corrected chi connectivity index (χ1v) is 7.06. The van der Waals surface area contributed by atoms with E-state index in [1.807, 2.05) is 0 Å². The summed E-state index contributed by atoms with van der Waals surface area (Å²) in [5.74, 6) is 1.01. The molecule has 0 saturated heterocycles. The van der Waals surface area contributed by atoms with Crippen molar-refractivity contribution in [3.8, 4) is 11.4 Å². The van der Waals surface area contributed by atoms with Gasteiger partial charge >= 0.3 is 0 Å². The zero-order valence-corrected chi connectivity index (χ0v) is 13.2. The summed E-state index contributed by atoms with van der Waals surface area (Å²) >= 11 is 11.9. The van der Waals surface area contributed by atoms with Crippen LogP contribution in [0.5, 0.6) is 0 Å². The van der Waals surface area contributed by atoms with E-state index in [9.17, 15) is 0 Å². The molecule has 0 fully saturated rings. The van der Waals surface area contributed by atoms with E-state index in [0.717, 1.165) is 5.56 Å². The van der Waals surface area contributed by atoms with Crippen LogP contribution in [0.25, 0.3) is 11.4 Å². The van der Waals surface area contributed by atoms with Crippen molar-refractivity contribution in [2.45, 2.75) is 33.2 Å². The molecule has 0 aliphatic heterocycles. The van der Waals surface area contributed by atoms with Crippen LogP contribution in [-0.4, -0.2) is 16.2 Å². The van der Waals surface area contributed by atoms with Crippen LogP contribution in [0.2, 0.25) is 10.0 Å². The molecule has 6 heteroatoms. The molecule has 1 unspecified atom stereocenters. The second kappa shape index (κ2) is 5.72. The molecule has 0 bridgehead atoms. The molecule has 1 aromatic carbocycles. The number of hydrogen-bond acceptors (Lipinski definition) is 4. The quantitative estimate of drug-likeness (QED) is 0.931. The van der Waals surface area contributed by atoms with Gasteiger partial charge in [0.15, 0.2) is 0 Å². The second-order valence-electron chi connectivity index (χ2n) is 5.82. The zero-order chi connectivity index (χ0) is 14.9. The van der Waals surface area contributed by atoms with Crippen molar-refractivity contribution >= 4 is 23.2 Å². The van der Waals surface area contributed by atoms with Gasteiger partial charge in [-0.3, -0.25) is 0 Å². The van der Waals surface area contributed by atoms with Gasteiger partial charge in [-0.15, -0.1) is 0 Å². The van der Waals surface area contributed by atoms with E-state index < -0.39 is 0 Å². The smallest absolute Gasteiger partial charge is 0.228 e.